The van der Waals surface area contributed by atoms with E-state index in [0.29, 0.717) is 21.4 Å². The van der Waals surface area contributed by atoms with Crippen LogP contribution in [0.25, 0.3) is 11.5 Å². The van der Waals surface area contributed by atoms with Crippen molar-refractivity contribution in [1.82, 2.24) is 14.3 Å². The molecular weight excluding hydrogens is 383 g/mol. The Morgan fingerprint density at radius 3 is 2.11 bits per heavy atom. The number of anilines is 1. The van der Waals surface area contributed by atoms with Crippen molar-refractivity contribution >= 4 is 34.8 Å². The average molecular weight is 397 g/mol. The summed E-state index contributed by atoms with van der Waals surface area (Å²) in [6.45, 7) is 0. The van der Waals surface area contributed by atoms with Crippen LogP contribution in [0.15, 0.2) is 79.1 Å². The van der Waals surface area contributed by atoms with Gasteiger partial charge in [-0.2, -0.15) is 5.10 Å². The van der Waals surface area contributed by atoms with E-state index in [4.69, 9.17) is 23.2 Å². The molecule has 5 nitrogen and oxygen atoms in total. The second-order valence-electron chi connectivity index (χ2n) is 5.83. The monoisotopic (exact) mass is 396 g/mol. The predicted octanol–water partition coefficient (Wildman–Crippen LogP) is 5.22. The Hall–Kier alpha value is -3.02. The van der Waals surface area contributed by atoms with E-state index in [9.17, 15) is 4.79 Å². The number of benzene rings is 2. The van der Waals surface area contributed by atoms with E-state index in [1.807, 2.05) is 41.2 Å². The maximum absolute atomic E-state index is 12.7. The molecule has 0 saturated heterocycles. The largest absolute Gasteiger partial charge is 0.321 e. The molecule has 0 atom stereocenters. The van der Waals surface area contributed by atoms with Crippen molar-refractivity contribution in [1.29, 1.82) is 0 Å². The molecule has 2 aromatic heterocycles. The third-order valence-electron chi connectivity index (χ3n) is 3.97. The van der Waals surface area contributed by atoms with Crippen molar-refractivity contribution in [3.8, 4) is 11.5 Å². The summed E-state index contributed by atoms with van der Waals surface area (Å²) in [5.74, 6) is 0.432. The minimum absolute atomic E-state index is 0.295. The van der Waals surface area contributed by atoms with Gasteiger partial charge in [-0.05, 0) is 60.7 Å². The molecular formula is C20H14Cl2N4O. The maximum Gasteiger partial charge on any atom is 0.276 e. The van der Waals surface area contributed by atoms with Crippen molar-refractivity contribution in [2.45, 2.75) is 0 Å². The van der Waals surface area contributed by atoms with Gasteiger partial charge in [0.05, 0.1) is 5.69 Å². The predicted molar refractivity (Wildman–Crippen MR) is 107 cm³/mol. The van der Waals surface area contributed by atoms with E-state index in [0.717, 1.165) is 11.5 Å². The Bertz CT molecular complexity index is 1070. The van der Waals surface area contributed by atoms with Crippen molar-refractivity contribution in [2.24, 2.45) is 0 Å². The number of rotatable bonds is 4. The molecule has 27 heavy (non-hydrogen) atoms. The molecule has 2 heterocycles. The summed E-state index contributed by atoms with van der Waals surface area (Å²) < 4.78 is 3.59. The van der Waals surface area contributed by atoms with E-state index in [-0.39, 0.29) is 5.91 Å². The fourth-order valence-electron chi connectivity index (χ4n) is 2.65. The molecule has 0 aliphatic rings. The average Bonchev–Trinajstić information content (AvgIpc) is 3.33. The van der Waals surface area contributed by atoms with Gasteiger partial charge in [0, 0.05) is 34.2 Å². The molecule has 2 aromatic carbocycles. The zero-order valence-electron chi connectivity index (χ0n) is 14.0. The van der Waals surface area contributed by atoms with Gasteiger partial charge in [0.2, 0.25) is 0 Å². The Balaban J connectivity index is 1.71. The SMILES string of the molecule is O=C(Nc1ccc(Cl)cc1)c1cc(-n2cccc2)n(-c2ccc(Cl)cc2)n1. The molecule has 4 aromatic rings. The second kappa shape index (κ2) is 7.31. The summed E-state index contributed by atoms with van der Waals surface area (Å²) >= 11 is 11.9. The lowest BCUT2D eigenvalue weighted by Crippen LogP contribution is -2.13. The molecule has 0 spiro atoms. The molecule has 0 fully saturated rings. The Morgan fingerprint density at radius 2 is 1.48 bits per heavy atom. The first-order valence-corrected chi connectivity index (χ1v) is 8.92. The number of nitrogens with one attached hydrogen (secondary N) is 1. The summed E-state index contributed by atoms with van der Waals surface area (Å²) in [5, 5.41) is 8.56. The molecule has 1 N–H and O–H groups in total. The van der Waals surface area contributed by atoms with Gasteiger partial charge in [-0.25, -0.2) is 4.68 Å². The number of nitrogens with zero attached hydrogens (tertiary/aromatic N) is 3. The molecule has 134 valence electrons. The van der Waals surface area contributed by atoms with Crippen LogP contribution in [0.1, 0.15) is 10.5 Å². The molecule has 0 aliphatic heterocycles. The van der Waals surface area contributed by atoms with Gasteiger partial charge in [0.25, 0.3) is 5.91 Å². The molecule has 0 aliphatic carbocycles. The fourth-order valence-corrected chi connectivity index (χ4v) is 2.91. The highest BCUT2D eigenvalue weighted by Gasteiger charge is 2.16. The van der Waals surface area contributed by atoms with Crippen LogP contribution in [0.3, 0.4) is 0 Å². The molecule has 0 bridgehead atoms. The van der Waals surface area contributed by atoms with Crippen LogP contribution in [0.2, 0.25) is 10.0 Å². The lowest BCUT2D eigenvalue weighted by Gasteiger charge is -2.08. The lowest BCUT2D eigenvalue weighted by molar-refractivity contribution is 0.102. The minimum atomic E-state index is -0.307. The minimum Gasteiger partial charge on any atom is -0.321 e. The summed E-state index contributed by atoms with van der Waals surface area (Å²) in [4.78, 5) is 12.7. The van der Waals surface area contributed by atoms with Crippen LogP contribution in [0.5, 0.6) is 0 Å². The highest BCUT2D eigenvalue weighted by molar-refractivity contribution is 6.30. The van der Waals surface area contributed by atoms with Gasteiger partial charge in [0.1, 0.15) is 5.82 Å². The summed E-state index contributed by atoms with van der Waals surface area (Å²) in [6.07, 6.45) is 3.79. The van der Waals surface area contributed by atoms with Gasteiger partial charge in [0.15, 0.2) is 5.69 Å². The number of carbonyl (C=O) groups is 1. The summed E-state index contributed by atoms with van der Waals surface area (Å²) in [6, 6.07) is 19.7. The number of halogens is 2. The first-order chi connectivity index (χ1) is 13.1. The van der Waals surface area contributed by atoms with Crippen LogP contribution in [-0.4, -0.2) is 20.3 Å². The van der Waals surface area contributed by atoms with E-state index in [2.05, 4.69) is 10.4 Å². The van der Waals surface area contributed by atoms with E-state index in [1.54, 1.807) is 47.1 Å². The summed E-state index contributed by atoms with van der Waals surface area (Å²) in [7, 11) is 0. The first-order valence-electron chi connectivity index (χ1n) is 8.16. The number of aromatic nitrogens is 3. The number of hydrogen-bond acceptors (Lipinski definition) is 2. The van der Waals surface area contributed by atoms with Crippen LogP contribution in [0, 0.1) is 0 Å². The lowest BCUT2D eigenvalue weighted by atomic mass is 10.3. The third-order valence-corrected chi connectivity index (χ3v) is 4.47. The van der Waals surface area contributed by atoms with Gasteiger partial charge >= 0.3 is 0 Å². The van der Waals surface area contributed by atoms with Crippen molar-refractivity contribution in [3.05, 3.63) is 94.9 Å². The second-order valence-corrected chi connectivity index (χ2v) is 6.70. The maximum atomic E-state index is 12.7. The van der Waals surface area contributed by atoms with Gasteiger partial charge in [-0.15, -0.1) is 0 Å². The highest BCUT2D eigenvalue weighted by Crippen LogP contribution is 2.20. The Labute approximate surface area is 165 Å². The molecule has 0 unspecified atom stereocenters. The van der Waals surface area contributed by atoms with Crippen molar-refractivity contribution < 1.29 is 4.79 Å². The molecule has 0 saturated carbocycles. The van der Waals surface area contributed by atoms with Crippen molar-refractivity contribution in [3.63, 3.8) is 0 Å². The van der Waals surface area contributed by atoms with Crippen LogP contribution in [-0.2, 0) is 0 Å². The number of carbonyl (C=O) groups excluding carboxylic acids is 1. The molecule has 0 radical (unpaired) electrons. The topological polar surface area (TPSA) is 51.9 Å². The van der Waals surface area contributed by atoms with Gasteiger partial charge < -0.3 is 9.88 Å². The zero-order valence-corrected chi connectivity index (χ0v) is 15.5. The van der Waals surface area contributed by atoms with Crippen molar-refractivity contribution in [2.75, 3.05) is 5.32 Å². The standard InChI is InChI=1S/C20H14Cl2N4O/c21-14-3-7-16(8-4-14)23-20(27)18-13-19(25-11-1-2-12-25)26(24-18)17-9-5-15(22)6-10-17/h1-13H,(H,23,27). The Kier molecular flexibility index (Phi) is 4.71. The van der Waals surface area contributed by atoms with E-state index in [1.165, 1.54) is 0 Å². The van der Waals surface area contributed by atoms with Crippen LogP contribution < -0.4 is 5.32 Å². The molecule has 7 heteroatoms. The normalized spacial score (nSPS) is 10.7. The fraction of sp³-hybridized carbons (Fsp3) is 0. The zero-order chi connectivity index (χ0) is 18.8. The van der Waals surface area contributed by atoms with Gasteiger partial charge in [-0.1, -0.05) is 23.2 Å². The first kappa shape index (κ1) is 17.4. The summed E-state index contributed by atoms with van der Waals surface area (Å²) in [5.41, 5.74) is 1.74. The molecule has 4 rings (SSSR count). The molecule has 1 amide bonds. The van der Waals surface area contributed by atoms with Gasteiger partial charge in [-0.3, -0.25) is 4.79 Å². The number of amides is 1. The highest BCUT2D eigenvalue weighted by atomic mass is 35.5. The van der Waals surface area contributed by atoms with Crippen LogP contribution >= 0.6 is 23.2 Å². The van der Waals surface area contributed by atoms with Crippen LogP contribution in [0.4, 0.5) is 5.69 Å². The van der Waals surface area contributed by atoms with E-state index >= 15 is 0 Å². The van der Waals surface area contributed by atoms with E-state index < -0.39 is 0 Å². The smallest absolute Gasteiger partial charge is 0.276 e. The quantitative estimate of drug-likeness (QED) is 0.513. The Morgan fingerprint density at radius 1 is 0.889 bits per heavy atom. The number of hydrogen-bond donors (Lipinski definition) is 1. The third kappa shape index (κ3) is 3.74.